The number of methoxy groups -OCH3 is 1. The molecule has 0 fully saturated rings. The molecular weight excluding hydrogens is 256 g/mol. The number of nitrogens with two attached hydrogens (primary N) is 1. The fourth-order valence-electron chi connectivity index (χ4n) is 2.18. The van der Waals surface area contributed by atoms with Gasteiger partial charge in [0, 0.05) is 12.2 Å². The van der Waals surface area contributed by atoms with E-state index in [1.54, 1.807) is 25.1 Å². The lowest BCUT2D eigenvalue weighted by atomic mass is 9.94. The van der Waals surface area contributed by atoms with Crippen LogP contribution >= 0.6 is 0 Å². The number of nitrogens with one attached hydrogen (secondary N) is 1. The smallest absolute Gasteiger partial charge is 0.253 e. The van der Waals surface area contributed by atoms with Crippen LogP contribution in [0.15, 0.2) is 18.2 Å². The maximum atomic E-state index is 12.1. The average molecular weight is 280 g/mol. The van der Waals surface area contributed by atoms with E-state index in [9.17, 15) is 9.90 Å². The third-order valence-corrected chi connectivity index (χ3v) is 2.98. The summed E-state index contributed by atoms with van der Waals surface area (Å²) < 4.78 is 5.07. The standard InChI is InChI=1S/C15H24N2O3/c1-10(2)8-15(3,19)9-17-14(18)12-7-11(20-4)5-6-13(12)16/h5-7,10,19H,8-9,16H2,1-4H3,(H,17,18). The normalized spacial score (nSPS) is 13.9. The Labute approximate surface area is 120 Å². The van der Waals surface area contributed by atoms with Crippen LogP contribution in [0.4, 0.5) is 5.69 Å². The highest BCUT2D eigenvalue weighted by molar-refractivity contribution is 5.99. The highest BCUT2D eigenvalue weighted by Crippen LogP contribution is 2.20. The van der Waals surface area contributed by atoms with Gasteiger partial charge in [-0.3, -0.25) is 4.79 Å². The van der Waals surface area contributed by atoms with Gasteiger partial charge in [-0.05, 0) is 37.5 Å². The van der Waals surface area contributed by atoms with E-state index in [4.69, 9.17) is 10.5 Å². The van der Waals surface area contributed by atoms with Gasteiger partial charge in [-0.1, -0.05) is 13.8 Å². The van der Waals surface area contributed by atoms with Crippen LogP contribution in [0.3, 0.4) is 0 Å². The van der Waals surface area contributed by atoms with Gasteiger partial charge < -0.3 is 20.9 Å². The maximum Gasteiger partial charge on any atom is 0.253 e. The van der Waals surface area contributed by atoms with Crippen molar-refractivity contribution in [3.05, 3.63) is 23.8 Å². The molecule has 0 spiro atoms. The number of hydrogen-bond acceptors (Lipinski definition) is 4. The molecule has 112 valence electrons. The topological polar surface area (TPSA) is 84.6 Å². The van der Waals surface area contributed by atoms with E-state index in [0.29, 0.717) is 29.3 Å². The van der Waals surface area contributed by atoms with Crippen molar-refractivity contribution in [3.8, 4) is 5.75 Å². The Morgan fingerprint density at radius 2 is 2.15 bits per heavy atom. The molecule has 0 saturated carbocycles. The Morgan fingerprint density at radius 3 is 2.70 bits per heavy atom. The zero-order valence-corrected chi connectivity index (χ0v) is 12.6. The molecule has 1 rings (SSSR count). The summed E-state index contributed by atoms with van der Waals surface area (Å²) >= 11 is 0. The molecule has 5 heteroatoms. The number of ether oxygens (including phenoxy) is 1. The molecule has 4 N–H and O–H groups in total. The second-order valence-corrected chi connectivity index (χ2v) is 5.73. The fraction of sp³-hybridized carbons (Fsp3) is 0.533. The quantitative estimate of drug-likeness (QED) is 0.694. The highest BCUT2D eigenvalue weighted by Gasteiger charge is 2.23. The van der Waals surface area contributed by atoms with Gasteiger partial charge in [-0.2, -0.15) is 0 Å². The van der Waals surface area contributed by atoms with Crippen molar-refractivity contribution in [1.82, 2.24) is 5.32 Å². The summed E-state index contributed by atoms with van der Waals surface area (Å²) in [7, 11) is 1.53. The molecular formula is C15H24N2O3. The summed E-state index contributed by atoms with van der Waals surface area (Å²) in [5.41, 5.74) is 5.59. The van der Waals surface area contributed by atoms with Gasteiger partial charge in [-0.15, -0.1) is 0 Å². The lowest BCUT2D eigenvalue weighted by Crippen LogP contribution is -2.41. The predicted octanol–water partition coefficient (Wildman–Crippen LogP) is 1.80. The maximum absolute atomic E-state index is 12.1. The fourth-order valence-corrected chi connectivity index (χ4v) is 2.18. The molecule has 0 radical (unpaired) electrons. The molecule has 0 bridgehead atoms. The third kappa shape index (κ3) is 4.74. The summed E-state index contributed by atoms with van der Waals surface area (Å²) in [6, 6.07) is 4.91. The number of carbonyl (C=O) groups excluding carboxylic acids is 1. The van der Waals surface area contributed by atoms with Crippen LogP contribution in [0.2, 0.25) is 0 Å². The summed E-state index contributed by atoms with van der Waals surface area (Å²) in [5, 5.41) is 12.9. The molecule has 20 heavy (non-hydrogen) atoms. The van der Waals surface area contributed by atoms with Gasteiger partial charge in [0.05, 0.1) is 18.3 Å². The van der Waals surface area contributed by atoms with Crippen LogP contribution in [0.1, 0.15) is 37.6 Å². The Balaban J connectivity index is 2.72. The molecule has 0 aromatic heterocycles. The van der Waals surface area contributed by atoms with E-state index in [-0.39, 0.29) is 12.5 Å². The Bertz CT molecular complexity index is 470. The summed E-state index contributed by atoms with van der Waals surface area (Å²) in [6.45, 7) is 5.94. The zero-order valence-electron chi connectivity index (χ0n) is 12.6. The molecule has 0 aliphatic carbocycles. The van der Waals surface area contributed by atoms with Crippen molar-refractivity contribution < 1.29 is 14.6 Å². The van der Waals surface area contributed by atoms with Crippen molar-refractivity contribution in [3.63, 3.8) is 0 Å². The number of hydrogen-bond donors (Lipinski definition) is 3. The summed E-state index contributed by atoms with van der Waals surface area (Å²) in [5.74, 6) is 0.604. The first-order chi connectivity index (χ1) is 9.25. The van der Waals surface area contributed by atoms with Crippen LogP contribution < -0.4 is 15.8 Å². The van der Waals surface area contributed by atoms with Crippen LogP contribution in [-0.2, 0) is 0 Å². The van der Waals surface area contributed by atoms with E-state index < -0.39 is 5.60 Å². The van der Waals surface area contributed by atoms with E-state index in [1.807, 2.05) is 13.8 Å². The number of amides is 1. The lowest BCUT2D eigenvalue weighted by Gasteiger charge is -2.25. The molecule has 1 unspecified atom stereocenters. The number of rotatable bonds is 6. The summed E-state index contributed by atoms with van der Waals surface area (Å²) in [6.07, 6.45) is 0.612. The SMILES string of the molecule is COc1ccc(N)c(C(=O)NCC(C)(O)CC(C)C)c1. The molecule has 1 aromatic rings. The molecule has 5 nitrogen and oxygen atoms in total. The van der Waals surface area contributed by atoms with Gasteiger partial charge in [0.15, 0.2) is 0 Å². The monoisotopic (exact) mass is 280 g/mol. The van der Waals surface area contributed by atoms with Crippen molar-refractivity contribution >= 4 is 11.6 Å². The van der Waals surface area contributed by atoms with Crippen molar-refractivity contribution in [2.24, 2.45) is 5.92 Å². The zero-order chi connectivity index (χ0) is 15.3. The third-order valence-electron chi connectivity index (χ3n) is 2.98. The van der Waals surface area contributed by atoms with E-state index in [1.165, 1.54) is 7.11 Å². The number of aliphatic hydroxyl groups is 1. The Hall–Kier alpha value is -1.75. The first-order valence-electron chi connectivity index (χ1n) is 6.69. The van der Waals surface area contributed by atoms with Gasteiger partial charge in [0.1, 0.15) is 5.75 Å². The van der Waals surface area contributed by atoms with Crippen LogP contribution in [-0.4, -0.2) is 30.3 Å². The van der Waals surface area contributed by atoms with Gasteiger partial charge >= 0.3 is 0 Å². The first kappa shape index (κ1) is 16.3. The molecule has 0 saturated heterocycles. The molecule has 1 amide bonds. The minimum atomic E-state index is -0.933. The first-order valence-corrected chi connectivity index (χ1v) is 6.69. The number of anilines is 1. The molecule has 1 atom stereocenters. The lowest BCUT2D eigenvalue weighted by molar-refractivity contribution is 0.0368. The molecule has 0 heterocycles. The Morgan fingerprint density at radius 1 is 1.50 bits per heavy atom. The largest absolute Gasteiger partial charge is 0.497 e. The minimum Gasteiger partial charge on any atom is -0.497 e. The molecule has 1 aromatic carbocycles. The predicted molar refractivity (Wildman–Crippen MR) is 79.8 cm³/mol. The van der Waals surface area contributed by atoms with Crippen LogP contribution in [0.5, 0.6) is 5.75 Å². The second-order valence-electron chi connectivity index (χ2n) is 5.73. The number of nitrogen functional groups attached to an aromatic ring is 1. The average Bonchev–Trinajstić information content (AvgIpc) is 2.35. The Kier molecular flexibility index (Phi) is 5.39. The van der Waals surface area contributed by atoms with Crippen molar-refractivity contribution in [2.75, 3.05) is 19.4 Å². The van der Waals surface area contributed by atoms with E-state index >= 15 is 0 Å². The molecule has 0 aliphatic heterocycles. The van der Waals surface area contributed by atoms with Crippen molar-refractivity contribution in [1.29, 1.82) is 0 Å². The van der Waals surface area contributed by atoms with Gasteiger partial charge in [0.25, 0.3) is 5.91 Å². The minimum absolute atomic E-state index is 0.181. The van der Waals surface area contributed by atoms with Crippen LogP contribution in [0.25, 0.3) is 0 Å². The van der Waals surface area contributed by atoms with Crippen LogP contribution in [0, 0.1) is 5.92 Å². The van der Waals surface area contributed by atoms with Gasteiger partial charge in [0.2, 0.25) is 0 Å². The number of carbonyl (C=O) groups is 1. The van der Waals surface area contributed by atoms with E-state index in [2.05, 4.69) is 5.32 Å². The van der Waals surface area contributed by atoms with Crippen molar-refractivity contribution in [2.45, 2.75) is 32.8 Å². The number of benzene rings is 1. The van der Waals surface area contributed by atoms with Gasteiger partial charge in [-0.25, -0.2) is 0 Å². The second kappa shape index (κ2) is 6.61. The highest BCUT2D eigenvalue weighted by atomic mass is 16.5. The van der Waals surface area contributed by atoms with E-state index in [0.717, 1.165) is 0 Å². The molecule has 0 aliphatic rings. The summed E-state index contributed by atoms with van der Waals surface area (Å²) in [4.78, 5) is 12.1.